The first-order chi connectivity index (χ1) is 12.1. The van der Waals surface area contributed by atoms with E-state index >= 15 is 0 Å². The van der Waals surface area contributed by atoms with Crippen LogP contribution in [0.4, 0.5) is 0 Å². The number of rotatable bonds is 5. The second-order valence-corrected chi connectivity index (χ2v) is 6.05. The van der Waals surface area contributed by atoms with Gasteiger partial charge in [-0.25, -0.2) is 4.79 Å². The Morgan fingerprint density at radius 3 is 2.32 bits per heavy atom. The topological polar surface area (TPSA) is 35.5 Å². The molecule has 0 amide bonds. The summed E-state index contributed by atoms with van der Waals surface area (Å²) in [6.07, 6.45) is 0. The van der Waals surface area contributed by atoms with Crippen LogP contribution in [0.25, 0.3) is 0 Å². The van der Waals surface area contributed by atoms with E-state index in [0.29, 0.717) is 27.1 Å². The molecule has 0 fully saturated rings. The van der Waals surface area contributed by atoms with Gasteiger partial charge < -0.3 is 9.47 Å². The first-order valence-electron chi connectivity index (χ1n) is 7.56. The van der Waals surface area contributed by atoms with Gasteiger partial charge in [-0.15, -0.1) is 0 Å². The van der Waals surface area contributed by atoms with Crippen LogP contribution < -0.4 is 4.74 Å². The Hall–Kier alpha value is -2.49. The minimum absolute atomic E-state index is 0.0927. The third kappa shape index (κ3) is 4.53. The largest absolute Gasteiger partial charge is 0.457 e. The number of carbonyl (C=O) groups excluding carboxylic acids is 1. The number of carbonyl (C=O) groups is 1. The van der Waals surface area contributed by atoms with Gasteiger partial charge in [0, 0.05) is 0 Å². The Morgan fingerprint density at radius 2 is 1.56 bits per heavy atom. The monoisotopic (exact) mass is 372 g/mol. The minimum atomic E-state index is -0.474. The molecule has 0 spiro atoms. The lowest BCUT2D eigenvalue weighted by Crippen LogP contribution is -2.07. The van der Waals surface area contributed by atoms with E-state index in [1.165, 1.54) is 0 Å². The molecule has 0 atom stereocenters. The maximum Gasteiger partial charge on any atom is 0.342 e. The van der Waals surface area contributed by atoms with Crippen molar-refractivity contribution in [3.63, 3.8) is 0 Å². The molecule has 0 aliphatic heterocycles. The molecule has 0 aliphatic carbocycles. The predicted molar refractivity (Wildman–Crippen MR) is 98.5 cm³/mol. The molecule has 0 heterocycles. The fourth-order valence-electron chi connectivity index (χ4n) is 2.20. The molecule has 3 rings (SSSR count). The molecule has 0 bridgehead atoms. The summed E-state index contributed by atoms with van der Waals surface area (Å²) < 4.78 is 11.1. The maximum atomic E-state index is 12.4. The van der Waals surface area contributed by atoms with Crippen LogP contribution in [0.15, 0.2) is 72.8 Å². The molecular weight excluding hydrogens is 359 g/mol. The van der Waals surface area contributed by atoms with Crippen LogP contribution in [0.5, 0.6) is 11.5 Å². The van der Waals surface area contributed by atoms with Gasteiger partial charge in [0.15, 0.2) is 0 Å². The summed E-state index contributed by atoms with van der Waals surface area (Å²) in [6, 6.07) is 21.3. The number of para-hydroxylation sites is 2. The average molecular weight is 373 g/mol. The van der Waals surface area contributed by atoms with E-state index in [1.807, 2.05) is 30.3 Å². The molecule has 3 aromatic rings. The molecule has 3 nitrogen and oxygen atoms in total. The predicted octanol–water partition coefficient (Wildman–Crippen LogP) is 6.14. The maximum absolute atomic E-state index is 12.4. The molecule has 0 radical (unpaired) electrons. The molecular formula is C20H14Cl2O3. The summed E-state index contributed by atoms with van der Waals surface area (Å²) >= 11 is 11.9. The van der Waals surface area contributed by atoms with Gasteiger partial charge in [-0.3, -0.25) is 0 Å². The first kappa shape index (κ1) is 17.3. The first-order valence-corrected chi connectivity index (χ1v) is 8.32. The third-order valence-corrected chi connectivity index (χ3v) is 4.17. The zero-order valence-electron chi connectivity index (χ0n) is 13.1. The lowest BCUT2D eigenvalue weighted by Gasteiger charge is -2.11. The van der Waals surface area contributed by atoms with Crippen molar-refractivity contribution < 1.29 is 14.3 Å². The highest BCUT2D eigenvalue weighted by Crippen LogP contribution is 2.26. The summed E-state index contributed by atoms with van der Waals surface area (Å²) in [4.78, 5) is 12.4. The fourth-order valence-corrected chi connectivity index (χ4v) is 2.52. The number of ether oxygens (including phenoxy) is 2. The van der Waals surface area contributed by atoms with Gasteiger partial charge in [0.1, 0.15) is 23.7 Å². The molecule has 0 N–H and O–H groups in total. The molecule has 0 unspecified atom stereocenters. The van der Waals surface area contributed by atoms with Crippen molar-refractivity contribution in [1.29, 1.82) is 0 Å². The number of hydrogen-bond acceptors (Lipinski definition) is 3. The van der Waals surface area contributed by atoms with Gasteiger partial charge in [-0.05, 0) is 42.0 Å². The van der Waals surface area contributed by atoms with Gasteiger partial charge >= 0.3 is 5.97 Å². The second kappa shape index (κ2) is 8.06. The molecule has 0 aromatic heterocycles. The normalized spacial score (nSPS) is 10.3. The molecule has 126 valence electrons. The van der Waals surface area contributed by atoms with Crippen LogP contribution in [0.3, 0.4) is 0 Å². The van der Waals surface area contributed by atoms with E-state index in [0.717, 1.165) is 5.56 Å². The number of esters is 1. The van der Waals surface area contributed by atoms with Crippen molar-refractivity contribution in [2.24, 2.45) is 0 Å². The van der Waals surface area contributed by atoms with Crippen LogP contribution in [0.2, 0.25) is 10.0 Å². The van der Waals surface area contributed by atoms with E-state index in [-0.39, 0.29) is 6.61 Å². The van der Waals surface area contributed by atoms with Crippen LogP contribution >= 0.6 is 23.2 Å². The van der Waals surface area contributed by atoms with Crippen LogP contribution in [-0.4, -0.2) is 5.97 Å². The SMILES string of the molecule is O=C(OCc1ccc(Cl)c(Cl)c1)c1ccccc1Oc1ccccc1. The molecule has 5 heteroatoms. The highest BCUT2D eigenvalue weighted by Gasteiger charge is 2.14. The van der Waals surface area contributed by atoms with Crippen LogP contribution in [0, 0.1) is 0 Å². The average Bonchev–Trinajstić information content (AvgIpc) is 2.64. The summed E-state index contributed by atoms with van der Waals surface area (Å²) in [5.41, 5.74) is 1.11. The minimum Gasteiger partial charge on any atom is -0.457 e. The second-order valence-electron chi connectivity index (χ2n) is 5.24. The highest BCUT2D eigenvalue weighted by molar-refractivity contribution is 6.42. The quantitative estimate of drug-likeness (QED) is 0.504. The smallest absolute Gasteiger partial charge is 0.342 e. The number of halogens is 2. The van der Waals surface area contributed by atoms with E-state index in [1.54, 1.807) is 42.5 Å². The van der Waals surface area contributed by atoms with Crippen molar-refractivity contribution in [3.8, 4) is 11.5 Å². The van der Waals surface area contributed by atoms with Gasteiger partial charge in [-0.2, -0.15) is 0 Å². The van der Waals surface area contributed by atoms with E-state index < -0.39 is 5.97 Å². The summed E-state index contributed by atoms with van der Waals surface area (Å²) in [7, 11) is 0. The van der Waals surface area contributed by atoms with Gasteiger partial charge in [0.25, 0.3) is 0 Å². The molecule has 0 saturated carbocycles. The van der Waals surface area contributed by atoms with Gasteiger partial charge in [-0.1, -0.05) is 59.6 Å². The number of hydrogen-bond donors (Lipinski definition) is 0. The van der Waals surface area contributed by atoms with Crippen molar-refractivity contribution in [2.75, 3.05) is 0 Å². The lowest BCUT2D eigenvalue weighted by atomic mass is 10.2. The van der Waals surface area contributed by atoms with E-state index in [2.05, 4.69) is 0 Å². The Balaban J connectivity index is 1.72. The van der Waals surface area contributed by atoms with Crippen molar-refractivity contribution in [1.82, 2.24) is 0 Å². The zero-order chi connectivity index (χ0) is 17.6. The Morgan fingerprint density at radius 1 is 0.840 bits per heavy atom. The lowest BCUT2D eigenvalue weighted by molar-refractivity contribution is 0.0470. The summed E-state index contributed by atoms with van der Waals surface area (Å²) in [6.45, 7) is 0.0927. The summed E-state index contributed by atoms with van der Waals surface area (Å²) in [5.74, 6) is 0.609. The van der Waals surface area contributed by atoms with Crippen LogP contribution in [-0.2, 0) is 11.3 Å². The van der Waals surface area contributed by atoms with Crippen molar-refractivity contribution in [3.05, 3.63) is 94.0 Å². The molecule has 0 aliphatic rings. The van der Waals surface area contributed by atoms with E-state index in [4.69, 9.17) is 32.7 Å². The molecule has 3 aromatic carbocycles. The molecule has 0 saturated heterocycles. The Labute approximate surface area is 155 Å². The third-order valence-electron chi connectivity index (χ3n) is 3.43. The van der Waals surface area contributed by atoms with E-state index in [9.17, 15) is 4.79 Å². The molecule has 25 heavy (non-hydrogen) atoms. The van der Waals surface area contributed by atoms with Crippen molar-refractivity contribution >= 4 is 29.2 Å². The van der Waals surface area contributed by atoms with Gasteiger partial charge in [0.2, 0.25) is 0 Å². The zero-order valence-corrected chi connectivity index (χ0v) is 14.6. The Kier molecular flexibility index (Phi) is 5.59. The number of benzene rings is 3. The van der Waals surface area contributed by atoms with Crippen LogP contribution in [0.1, 0.15) is 15.9 Å². The van der Waals surface area contributed by atoms with Crippen molar-refractivity contribution in [2.45, 2.75) is 6.61 Å². The standard InChI is InChI=1S/C20H14Cl2O3/c21-17-11-10-14(12-18(17)22)13-24-20(23)16-8-4-5-9-19(16)25-15-6-2-1-3-7-15/h1-12H,13H2. The summed E-state index contributed by atoms with van der Waals surface area (Å²) in [5, 5.41) is 0.876. The Bertz CT molecular complexity index is 879. The van der Waals surface area contributed by atoms with Gasteiger partial charge in [0.05, 0.1) is 10.0 Å². The highest BCUT2D eigenvalue weighted by atomic mass is 35.5. The fraction of sp³-hybridized carbons (Fsp3) is 0.0500.